The summed E-state index contributed by atoms with van der Waals surface area (Å²) in [6.45, 7) is 7.53. The highest BCUT2D eigenvalue weighted by atomic mass is 32.1. The quantitative estimate of drug-likeness (QED) is 0.0272. The van der Waals surface area contributed by atoms with Crippen LogP contribution >= 0.6 is 12.6 Å². The third kappa shape index (κ3) is 13.3. The Bertz CT molecular complexity index is 3080. The van der Waals surface area contributed by atoms with Crippen LogP contribution in [0.1, 0.15) is 89.0 Å². The highest BCUT2D eigenvalue weighted by molar-refractivity contribution is 7.82. The molecule has 0 bridgehead atoms. The maximum Gasteiger partial charge on any atom is 0.340 e. The van der Waals surface area contributed by atoms with Crippen molar-refractivity contribution in [2.75, 3.05) is 38.4 Å². The number of fused-ring (bicyclic) bond motifs is 5. The molecule has 20 nitrogen and oxygen atoms in total. The number of aryl methyl sites for hydroxylation is 2. The van der Waals surface area contributed by atoms with Crippen LogP contribution in [0.4, 0.5) is 10.1 Å². The highest BCUT2D eigenvalue weighted by Crippen LogP contribution is 2.42. The normalized spacial score (nSPS) is 15.9. The summed E-state index contributed by atoms with van der Waals surface area (Å²) < 4.78 is 25.6. The van der Waals surface area contributed by atoms with Crippen LogP contribution in [0.2, 0.25) is 0 Å². The molecule has 1 aliphatic carbocycles. The number of halogens is 1. The van der Waals surface area contributed by atoms with Crippen LogP contribution in [0, 0.1) is 12.7 Å². The second-order valence-electron chi connectivity index (χ2n) is 17.5. The predicted octanol–water partition coefficient (Wildman–Crippen LogP) is 2.77. The molecule has 3 aromatic carbocycles. The van der Waals surface area contributed by atoms with Gasteiger partial charge >= 0.3 is 5.97 Å². The molecule has 0 spiro atoms. The van der Waals surface area contributed by atoms with Gasteiger partial charge in [-0.2, -0.15) is 12.6 Å². The summed E-state index contributed by atoms with van der Waals surface area (Å²) in [7, 11) is 1.47. The van der Waals surface area contributed by atoms with E-state index in [-0.39, 0.29) is 85.4 Å². The Hall–Kier alpha value is -7.82. The first-order chi connectivity index (χ1) is 36.0. The summed E-state index contributed by atoms with van der Waals surface area (Å²) in [5.74, 6) is -3.56. The number of benzene rings is 3. The predicted molar refractivity (Wildman–Crippen MR) is 277 cm³/mol. The van der Waals surface area contributed by atoms with Crippen molar-refractivity contribution >= 4 is 77.0 Å². The van der Waals surface area contributed by atoms with Crippen LogP contribution in [0.3, 0.4) is 0 Å². The number of hydrogen-bond donors (Lipinski definition) is 7. The van der Waals surface area contributed by atoms with E-state index in [4.69, 9.17) is 9.72 Å². The summed E-state index contributed by atoms with van der Waals surface area (Å²) in [5.41, 5.74) is 7.40. The van der Waals surface area contributed by atoms with Crippen LogP contribution in [-0.2, 0) is 75.4 Å². The lowest BCUT2D eigenvalue weighted by molar-refractivity contribution is -0.157. The number of nitrogens with zero attached hydrogens (tertiary/aromatic N) is 3. The molecule has 75 heavy (non-hydrogen) atoms. The van der Waals surface area contributed by atoms with Crippen molar-refractivity contribution < 1.29 is 57.3 Å². The Balaban J connectivity index is 0.000000202. The van der Waals surface area contributed by atoms with E-state index in [9.17, 15) is 52.6 Å². The molecular formula is C53H59FN8O12S. The van der Waals surface area contributed by atoms with Crippen molar-refractivity contribution in [3.63, 3.8) is 0 Å². The van der Waals surface area contributed by atoms with Gasteiger partial charge in [0.15, 0.2) is 6.10 Å². The number of ether oxygens (including phenoxy) is 2. The monoisotopic (exact) mass is 1050 g/mol. The molecule has 1 fully saturated rings. The minimum Gasteiger partial charge on any atom is -0.458 e. The summed E-state index contributed by atoms with van der Waals surface area (Å²) in [5, 5.41) is 22.9. The fourth-order valence-corrected chi connectivity index (χ4v) is 9.21. The molecule has 22 heteroatoms. The third-order valence-electron chi connectivity index (χ3n) is 12.4. The topological polar surface area (TPSA) is 274 Å². The number of rotatable bonds is 14. The standard InChI is InChI=1S/C24H26N4O5S.C22H17FN2O4.C5H10N2O3.C2H6/c1-15(10-16-6-3-2-4-7-16)27-21(30)14-25-20(29)13-26-23(32)17-8-5-9-18(11-17)28-22(31)12-19(34)24(28)33;1-9-10-3-2-4-11-13-7-25-17(19(13)24-16(18(10)11)6-15(9)23)5-12-14(21(25)27)8-29-22(28)20(12)26;1-10-4-7-5(9)2-6-3-8;1-2/h2-9,11,15,19,34H,10,12-14H2,1H3,(H,25,29)(H,26,32)(H,27,30);5-6,20,26H,2-4,7-8H2,1H3;3H,2,4H2,1H3,(H,6,8)(H,7,9);1-2H3. The number of esters is 1. The van der Waals surface area contributed by atoms with Gasteiger partial charge in [0.05, 0.1) is 59.6 Å². The van der Waals surface area contributed by atoms with Gasteiger partial charge in [-0.3, -0.25) is 38.4 Å². The van der Waals surface area contributed by atoms with Crippen molar-refractivity contribution in [3.8, 4) is 11.4 Å². The summed E-state index contributed by atoms with van der Waals surface area (Å²) in [6.07, 6.45) is 2.24. The van der Waals surface area contributed by atoms with Crippen LogP contribution in [0.25, 0.3) is 22.3 Å². The molecular weight excluding hydrogens is 992 g/mol. The SMILES string of the molecule is CC.CC(Cc1ccccc1)NC(=O)CNC(=O)CNC(=O)c1cccc(N2C(=O)CC(S)C2=O)c1.COCNC(=O)CNC=O.Cc1c(F)cc2nc3c(c4c2c1CCC4)Cn1c-3cc2c(c1=O)COC(=O)C2O. The molecule has 5 heterocycles. The molecule has 2 aromatic heterocycles. The first-order valence-corrected chi connectivity index (χ1v) is 24.7. The van der Waals surface area contributed by atoms with Gasteiger partial charge < -0.3 is 45.7 Å². The molecule has 9 rings (SSSR count). The number of carbonyl (C=O) groups is 8. The third-order valence-corrected chi connectivity index (χ3v) is 12.8. The number of aromatic nitrogens is 2. The Morgan fingerprint density at radius 2 is 1.61 bits per heavy atom. The Labute approximate surface area is 436 Å². The number of amides is 7. The van der Waals surface area contributed by atoms with Gasteiger partial charge in [-0.1, -0.05) is 50.2 Å². The van der Waals surface area contributed by atoms with E-state index in [0.29, 0.717) is 47.4 Å². The number of aliphatic hydroxyl groups is 1. The zero-order valence-electron chi connectivity index (χ0n) is 42.0. The number of anilines is 1. The number of methoxy groups -OCH3 is 1. The maximum absolute atomic E-state index is 14.5. The fraction of sp³-hybridized carbons (Fsp3) is 0.358. The minimum absolute atomic E-state index is 0.00283. The molecule has 4 aliphatic rings. The van der Waals surface area contributed by atoms with Crippen molar-refractivity contribution in [2.45, 2.75) is 90.3 Å². The number of cyclic esters (lactones) is 1. The lowest BCUT2D eigenvalue weighted by Crippen LogP contribution is -2.44. The minimum atomic E-state index is -1.48. The van der Waals surface area contributed by atoms with Gasteiger partial charge in [-0.15, -0.1) is 0 Å². The average Bonchev–Trinajstić information content (AvgIpc) is 3.92. The van der Waals surface area contributed by atoms with Crippen LogP contribution < -0.4 is 37.0 Å². The summed E-state index contributed by atoms with van der Waals surface area (Å²) in [4.78, 5) is 112. The molecule has 3 unspecified atom stereocenters. The lowest BCUT2D eigenvalue weighted by atomic mass is 9.85. The Morgan fingerprint density at radius 3 is 2.31 bits per heavy atom. The van der Waals surface area contributed by atoms with Gasteiger partial charge in [0.1, 0.15) is 19.2 Å². The lowest BCUT2D eigenvalue weighted by Gasteiger charge is -2.22. The van der Waals surface area contributed by atoms with Gasteiger partial charge in [0, 0.05) is 47.7 Å². The largest absolute Gasteiger partial charge is 0.458 e. The molecule has 3 aliphatic heterocycles. The Morgan fingerprint density at radius 1 is 0.907 bits per heavy atom. The number of carbonyl (C=O) groups excluding carboxylic acids is 8. The molecule has 0 radical (unpaired) electrons. The van der Waals surface area contributed by atoms with E-state index in [1.807, 2.05) is 51.1 Å². The smallest absolute Gasteiger partial charge is 0.340 e. The number of aliphatic hydroxyl groups excluding tert-OH is 1. The van der Waals surface area contributed by atoms with Crippen molar-refractivity contribution in [1.82, 2.24) is 36.1 Å². The molecule has 1 saturated heterocycles. The number of nitrogens with one attached hydrogen (secondary N) is 5. The number of imide groups is 1. The van der Waals surface area contributed by atoms with Crippen molar-refractivity contribution in [1.29, 1.82) is 0 Å². The fourth-order valence-electron chi connectivity index (χ4n) is 8.93. The van der Waals surface area contributed by atoms with Gasteiger partial charge in [0.25, 0.3) is 11.5 Å². The second kappa shape index (κ2) is 25.9. The molecule has 3 atom stereocenters. The second-order valence-corrected chi connectivity index (χ2v) is 18.1. The van der Waals surface area contributed by atoms with Crippen molar-refractivity contribution in [3.05, 3.63) is 127 Å². The summed E-state index contributed by atoms with van der Waals surface area (Å²) in [6, 6.07) is 18.7. The first-order valence-electron chi connectivity index (χ1n) is 24.2. The Kier molecular flexibility index (Phi) is 19.5. The number of hydrogen-bond acceptors (Lipinski definition) is 14. The van der Waals surface area contributed by atoms with E-state index in [0.717, 1.165) is 51.8 Å². The molecule has 0 saturated carbocycles. The summed E-state index contributed by atoms with van der Waals surface area (Å²) >= 11 is 4.09. The molecule has 5 aromatic rings. The zero-order valence-corrected chi connectivity index (χ0v) is 42.9. The molecule has 7 amide bonds. The van der Waals surface area contributed by atoms with E-state index in [1.54, 1.807) is 23.6 Å². The van der Waals surface area contributed by atoms with E-state index in [1.165, 1.54) is 31.4 Å². The van der Waals surface area contributed by atoms with E-state index < -0.39 is 41.0 Å². The van der Waals surface area contributed by atoms with E-state index >= 15 is 0 Å². The van der Waals surface area contributed by atoms with E-state index in [2.05, 4.69) is 43.9 Å². The van der Waals surface area contributed by atoms with Crippen LogP contribution in [0.5, 0.6) is 0 Å². The number of thiol groups is 1. The maximum atomic E-state index is 14.5. The first kappa shape index (κ1) is 56.5. The molecule has 396 valence electrons. The van der Waals surface area contributed by atoms with Gasteiger partial charge in [-0.05, 0) is 86.1 Å². The number of pyridine rings is 2. The van der Waals surface area contributed by atoms with Gasteiger partial charge in [0.2, 0.25) is 35.9 Å². The molecule has 6 N–H and O–H groups in total. The zero-order chi connectivity index (χ0) is 54.5. The highest BCUT2D eigenvalue weighted by Gasteiger charge is 2.38. The van der Waals surface area contributed by atoms with Crippen LogP contribution in [0.15, 0.2) is 71.5 Å². The van der Waals surface area contributed by atoms with Crippen LogP contribution in [-0.4, -0.2) is 107 Å². The average molecular weight is 1050 g/mol. The van der Waals surface area contributed by atoms with Crippen molar-refractivity contribution in [2.24, 2.45) is 0 Å². The van der Waals surface area contributed by atoms with Gasteiger partial charge in [-0.25, -0.2) is 19.1 Å².